The van der Waals surface area contributed by atoms with Gasteiger partial charge in [-0.1, -0.05) is 27.7 Å². The molecular weight excluding hydrogens is 344 g/mol. The molecule has 2 amide bonds. The van der Waals surface area contributed by atoms with Crippen molar-refractivity contribution >= 4 is 11.8 Å². The van der Waals surface area contributed by atoms with E-state index in [2.05, 4.69) is 0 Å². The van der Waals surface area contributed by atoms with Crippen molar-refractivity contribution in [3.8, 4) is 0 Å². The summed E-state index contributed by atoms with van der Waals surface area (Å²) >= 11 is 0. The Labute approximate surface area is 164 Å². The number of nitrogens with zero attached hydrogens (tertiary/aromatic N) is 1. The minimum absolute atomic E-state index is 0.224. The van der Waals surface area contributed by atoms with Gasteiger partial charge in [0.05, 0.1) is 23.3 Å². The Bertz CT molecular complexity index is 511. The largest absolute Gasteiger partial charge is 0.388 e. The highest BCUT2D eigenvalue weighted by atomic mass is 16.3. The fraction of sp³-hybridized carbons (Fsp3) is 0.905. The van der Waals surface area contributed by atoms with Crippen LogP contribution in [-0.2, 0) is 9.59 Å². The molecule has 0 unspecified atom stereocenters. The number of aliphatic hydroxyl groups is 2. The number of rotatable bonds is 10. The van der Waals surface area contributed by atoms with Crippen LogP contribution in [0, 0.1) is 17.3 Å². The van der Waals surface area contributed by atoms with E-state index in [1.165, 1.54) is 0 Å². The minimum atomic E-state index is -1.19. The summed E-state index contributed by atoms with van der Waals surface area (Å²) in [7, 11) is 0. The summed E-state index contributed by atoms with van der Waals surface area (Å²) in [6, 6.07) is -1.06. The van der Waals surface area contributed by atoms with Gasteiger partial charge >= 0.3 is 0 Å². The van der Waals surface area contributed by atoms with Crippen molar-refractivity contribution in [2.45, 2.75) is 104 Å². The Hall–Kier alpha value is -1.14. The Morgan fingerprint density at radius 1 is 0.926 bits per heavy atom. The van der Waals surface area contributed by atoms with Crippen LogP contribution in [-0.4, -0.2) is 50.2 Å². The van der Waals surface area contributed by atoms with Crippen LogP contribution in [0.3, 0.4) is 0 Å². The highest BCUT2D eigenvalue weighted by Gasteiger charge is 2.60. The van der Waals surface area contributed by atoms with E-state index in [0.717, 1.165) is 0 Å². The molecule has 0 radical (unpaired) electrons. The number of carbonyl (C=O) groups is 2. The molecule has 0 aromatic heterocycles. The maximum absolute atomic E-state index is 13.6. The van der Waals surface area contributed by atoms with Crippen LogP contribution in [0.15, 0.2) is 0 Å². The van der Waals surface area contributed by atoms with Crippen LogP contribution in [0.1, 0.15) is 81.1 Å². The van der Waals surface area contributed by atoms with Gasteiger partial charge in [0.15, 0.2) is 0 Å². The van der Waals surface area contributed by atoms with E-state index in [1.807, 2.05) is 27.7 Å². The molecule has 1 saturated carbocycles. The Balaban J connectivity index is 3.53. The fourth-order valence-corrected chi connectivity index (χ4v) is 3.82. The molecule has 0 saturated heterocycles. The number of primary amides is 1. The molecule has 1 fully saturated rings. The molecule has 158 valence electrons. The molecular formula is C21H40N2O4. The van der Waals surface area contributed by atoms with Gasteiger partial charge in [0.25, 0.3) is 0 Å². The normalized spacial score (nSPS) is 19.1. The fourth-order valence-electron chi connectivity index (χ4n) is 3.82. The van der Waals surface area contributed by atoms with E-state index in [0.29, 0.717) is 25.7 Å². The van der Waals surface area contributed by atoms with Crippen molar-refractivity contribution in [2.24, 2.45) is 23.0 Å². The van der Waals surface area contributed by atoms with Crippen molar-refractivity contribution in [1.29, 1.82) is 0 Å². The number of hydrogen-bond acceptors (Lipinski definition) is 4. The molecule has 0 spiro atoms. The molecule has 6 heteroatoms. The highest BCUT2D eigenvalue weighted by molar-refractivity contribution is 6.07. The number of hydrogen-bond donors (Lipinski definition) is 3. The Morgan fingerprint density at radius 3 is 1.44 bits per heavy atom. The highest BCUT2D eigenvalue weighted by Crippen LogP contribution is 2.49. The van der Waals surface area contributed by atoms with Crippen LogP contribution in [0.25, 0.3) is 0 Å². The first-order chi connectivity index (χ1) is 12.0. The summed E-state index contributed by atoms with van der Waals surface area (Å²) in [6.45, 7) is 14.9. The van der Waals surface area contributed by atoms with Crippen molar-refractivity contribution < 1.29 is 19.8 Å². The van der Waals surface area contributed by atoms with Gasteiger partial charge in [-0.25, -0.2) is 0 Å². The van der Waals surface area contributed by atoms with Gasteiger partial charge in [-0.2, -0.15) is 0 Å². The molecule has 1 aliphatic carbocycles. The zero-order valence-electron chi connectivity index (χ0n) is 18.4. The van der Waals surface area contributed by atoms with E-state index in [1.54, 1.807) is 32.6 Å². The third-order valence-corrected chi connectivity index (χ3v) is 5.56. The molecule has 27 heavy (non-hydrogen) atoms. The quantitative estimate of drug-likeness (QED) is 0.503. The molecule has 0 aliphatic heterocycles. The van der Waals surface area contributed by atoms with Gasteiger partial charge in [0.2, 0.25) is 11.8 Å². The average Bonchev–Trinajstić information content (AvgIpc) is 3.23. The Kier molecular flexibility index (Phi) is 7.15. The number of nitrogens with two attached hydrogens (primary N) is 1. The third-order valence-electron chi connectivity index (χ3n) is 5.56. The van der Waals surface area contributed by atoms with Crippen LogP contribution in [0.4, 0.5) is 0 Å². The first-order valence-corrected chi connectivity index (χ1v) is 10.1. The summed E-state index contributed by atoms with van der Waals surface area (Å²) in [4.78, 5) is 27.3. The molecule has 4 N–H and O–H groups in total. The lowest BCUT2D eigenvalue weighted by Crippen LogP contribution is -2.64. The molecule has 6 nitrogen and oxygen atoms in total. The molecule has 1 aliphatic rings. The van der Waals surface area contributed by atoms with Gasteiger partial charge in [-0.3, -0.25) is 9.59 Å². The van der Waals surface area contributed by atoms with Crippen molar-refractivity contribution in [3.63, 3.8) is 0 Å². The number of carbonyl (C=O) groups excluding carboxylic acids is 2. The lowest BCUT2D eigenvalue weighted by molar-refractivity contribution is -0.163. The molecule has 0 aromatic rings. The second-order valence-electron chi connectivity index (χ2n) is 10.3. The SMILES string of the molecule is CC(C)C[C@@H](N(C(=O)C1(C(N)=O)CC1)[C@H](CC(C)C)C(C)(C)O)C(C)(C)O. The summed E-state index contributed by atoms with van der Waals surface area (Å²) in [6.07, 6.45) is 1.99. The lowest BCUT2D eigenvalue weighted by atomic mass is 9.82. The smallest absolute Gasteiger partial charge is 0.238 e. The second kappa shape index (κ2) is 8.08. The number of amides is 2. The van der Waals surface area contributed by atoms with Crippen LogP contribution in [0.2, 0.25) is 0 Å². The van der Waals surface area contributed by atoms with Crippen LogP contribution >= 0.6 is 0 Å². The average molecular weight is 385 g/mol. The summed E-state index contributed by atoms with van der Waals surface area (Å²) in [5.41, 5.74) is 2.01. The van der Waals surface area contributed by atoms with Crippen molar-refractivity contribution in [1.82, 2.24) is 4.90 Å². The first kappa shape index (κ1) is 23.9. The molecule has 0 aromatic carbocycles. The van der Waals surface area contributed by atoms with Gasteiger partial charge in [-0.15, -0.1) is 0 Å². The maximum Gasteiger partial charge on any atom is 0.238 e. The summed E-state index contributed by atoms with van der Waals surface area (Å²) in [5, 5.41) is 21.9. The first-order valence-electron chi connectivity index (χ1n) is 10.1. The van der Waals surface area contributed by atoms with Crippen molar-refractivity contribution in [2.75, 3.05) is 0 Å². The second-order valence-corrected chi connectivity index (χ2v) is 10.3. The zero-order chi connectivity index (χ0) is 21.4. The third kappa shape index (κ3) is 5.67. The molecule has 0 heterocycles. The lowest BCUT2D eigenvalue weighted by Gasteiger charge is -2.49. The molecule has 1 rings (SSSR count). The molecule has 2 atom stereocenters. The standard InChI is InChI=1S/C21H40N2O4/c1-13(2)11-15(19(5,6)26)23(16(12-14(3)4)20(7,8)27)18(25)21(9-10-21)17(22)24/h13-16,26-27H,9-12H2,1-8H3,(H2,22,24)/t15-,16-/m1/s1. The minimum Gasteiger partial charge on any atom is -0.388 e. The Morgan fingerprint density at radius 2 is 1.26 bits per heavy atom. The summed E-state index contributed by atoms with van der Waals surface area (Å²) < 4.78 is 0. The van der Waals surface area contributed by atoms with E-state index in [9.17, 15) is 19.8 Å². The van der Waals surface area contributed by atoms with E-state index in [-0.39, 0.29) is 17.7 Å². The predicted octanol–water partition coefficient (Wildman–Crippen LogP) is 2.45. The van der Waals surface area contributed by atoms with E-state index in [4.69, 9.17) is 5.73 Å². The van der Waals surface area contributed by atoms with Gasteiger partial charge < -0.3 is 20.8 Å². The van der Waals surface area contributed by atoms with Crippen LogP contribution in [0.5, 0.6) is 0 Å². The monoisotopic (exact) mass is 384 g/mol. The predicted molar refractivity (Wildman–Crippen MR) is 107 cm³/mol. The van der Waals surface area contributed by atoms with Gasteiger partial charge in [0, 0.05) is 0 Å². The van der Waals surface area contributed by atoms with Gasteiger partial charge in [-0.05, 0) is 65.2 Å². The topological polar surface area (TPSA) is 104 Å². The maximum atomic E-state index is 13.6. The molecule has 0 bridgehead atoms. The van der Waals surface area contributed by atoms with E-state index < -0.39 is 34.6 Å². The van der Waals surface area contributed by atoms with E-state index >= 15 is 0 Å². The van der Waals surface area contributed by atoms with Crippen molar-refractivity contribution in [3.05, 3.63) is 0 Å². The van der Waals surface area contributed by atoms with Crippen LogP contribution < -0.4 is 5.73 Å². The van der Waals surface area contributed by atoms with Gasteiger partial charge in [0.1, 0.15) is 5.41 Å². The zero-order valence-corrected chi connectivity index (χ0v) is 18.4. The summed E-state index contributed by atoms with van der Waals surface area (Å²) in [5.74, 6) is -0.518.